The number of pyridine rings is 1. The van der Waals surface area contributed by atoms with Crippen molar-refractivity contribution in [3.05, 3.63) is 51.8 Å². The van der Waals surface area contributed by atoms with E-state index in [1.54, 1.807) is 13.0 Å². The monoisotopic (exact) mass is 302 g/mol. The third-order valence-electron chi connectivity index (χ3n) is 2.46. The van der Waals surface area contributed by atoms with Crippen molar-refractivity contribution in [2.24, 2.45) is 0 Å². The highest BCUT2D eigenvalue weighted by atomic mass is 79.9. The molecule has 2 rings (SSSR count). The predicted molar refractivity (Wildman–Crippen MR) is 72.6 cm³/mol. The maximum Gasteiger partial charge on any atom is 0.148 e. The standard InChI is InChI=1S/C14H11BrN2O/c1-9-7-14(11(8-16)10(2)17-9)18-13-6-4-3-5-12(13)15/h3-7H,1-2H3. The molecule has 0 N–H and O–H groups in total. The van der Waals surface area contributed by atoms with Crippen LogP contribution in [0.5, 0.6) is 11.5 Å². The van der Waals surface area contributed by atoms with Crippen LogP contribution in [0.2, 0.25) is 0 Å². The Morgan fingerprint density at radius 1 is 1.22 bits per heavy atom. The van der Waals surface area contributed by atoms with Gasteiger partial charge in [0.05, 0.1) is 10.2 Å². The zero-order valence-corrected chi connectivity index (χ0v) is 11.7. The van der Waals surface area contributed by atoms with Gasteiger partial charge in [-0.2, -0.15) is 5.26 Å². The minimum atomic E-state index is 0.469. The summed E-state index contributed by atoms with van der Waals surface area (Å²) in [7, 11) is 0. The molecule has 0 atom stereocenters. The van der Waals surface area contributed by atoms with E-state index in [2.05, 4.69) is 27.0 Å². The fraction of sp³-hybridized carbons (Fsp3) is 0.143. The minimum absolute atomic E-state index is 0.469. The number of rotatable bonds is 2. The van der Waals surface area contributed by atoms with Crippen LogP contribution in [0.4, 0.5) is 0 Å². The summed E-state index contributed by atoms with van der Waals surface area (Å²) in [5.74, 6) is 1.22. The molecule has 0 aliphatic rings. The summed E-state index contributed by atoms with van der Waals surface area (Å²) < 4.78 is 6.63. The Bertz CT molecular complexity index is 632. The molecule has 0 saturated heterocycles. The molecule has 3 nitrogen and oxygen atoms in total. The van der Waals surface area contributed by atoms with E-state index in [-0.39, 0.29) is 0 Å². The van der Waals surface area contributed by atoms with Gasteiger partial charge in [-0.25, -0.2) is 0 Å². The average Bonchev–Trinajstić information content (AvgIpc) is 2.31. The van der Waals surface area contributed by atoms with Crippen molar-refractivity contribution >= 4 is 15.9 Å². The molecule has 0 saturated carbocycles. The minimum Gasteiger partial charge on any atom is -0.455 e. The van der Waals surface area contributed by atoms with E-state index in [9.17, 15) is 0 Å². The second-order valence-corrected chi connectivity index (χ2v) is 4.72. The van der Waals surface area contributed by atoms with Crippen molar-refractivity contribution in [3.8, 4) is 17.6 Å². The lowest BCUT2D eigenvalue weighted by molar-refractivity contribution is 0.476. The number of hydrogen-bond acceptors (Lipinski definition) is 3. The second kappa shape index (κ2) is 5.19. The van der Waals surface area contributed by atoms with E-state index in [0.29, 0.717) is 22.8 Å². The normalized spacial score (nSPS) is 9.89. The Morgan fingerprint density at radius 3 is 2.61 bits per heavy atom. The van der Waals surface area contributed by atoms with Crippen LogP contribution >= 0.6 is 15.9 Å². The Labute approximate surface area is 114 Å². The first-order valence-corrected chi connectivity index (χ1v) is 6.22. The van der Waals surface area contributed by atoms with Gasteiger partial charge in [0.1, 0.15) is 23.1 Å². The van der Waals surface area contributed by atoms with Crippen molar-refractivity contribution in [1.29, 1.82) is 5.26 Å². The van der Waals surface area contributed by atoms with Crippen LogP contribution in [-0.2, 0) is 0 Å². The number of para-hydroxylation sites is 1. The van der Waals surface area contributed by atoms with Crippen LogP contribution < -0.4 is 4.74 Å². The van der Waals surface area contributed by atoms with Gasteiger partial charge in [0, 0.05) is 11.8 Å². The van der Waals surface area contributed by atoms with Crippen molar-refractivity contribution in [3.63, 3.8) is 0 Å². The smallest absolute Gasteiger partial charge is 0.148 e. The molecule has 0 unspecified atom stereocenters. The largest absolute Gasteiger partial charge is 0.455 e. The Morgan fingerprint density at radius 2 is 1.94 bits per heavy atom. The van der Waals surface area contributed by atoms with Crippen LogP contribution in [0.3, 0.4) is 0 Å². The molecule has 1 aromatic carbocycles. The molecule has 0 bridgehead atoms. The molecule has 4 heteroatoms. The number of halogens is 1. The lowest BCUT2D eigenvalue weighted by Crippen LogP contribution is -1.96. The molecule has 2 aromatic rings. The first kappa shape index (κ1) is 12.6. The summed E-state index contributed by atoms with van der Waals surface area (Å²) in [6, 6.07) is 11.4. The molecule has 0 amide bonds. The fourth-order valence-electron chi connectivity index (χ4n) is 1.66. The molecule has 0 radical (unpaired) electrons. The van der Waals surface area contributed by atoms with Gasteiger partial charge in [-0.3, -0.25) is 4.98 Å². The molecule has 1 heterocycles. The van der Waals surface area contributed by atoms with E-state index in [0.717, 1.165) is 10.2 Å². The molecule has 0 aliphatic heterocycles. The summed E-state index contributed by atoms with van der Waals surface area (Å²) in [5, 5.41) is 9.16. The maximum atomic E-state index is 9.16. The number of aromatic nitrogens is 1. The van der Waals surface area contributed by atoms with Crippen molar-refractivity contribution in [2.75, 3.05) is 0 Å². The van der Waals surface area contributed by atoms with E-state index >= 15 is 0 Å². The Kier molecular flexibility index (Phi) is 3.63. The molecule has 18 heavy (non-hydrogen) atoms. The molecule has 0 fully saturated rings. The van der Waals surface area contributed by atoms with E-state index in [4.69, 9.17) is 10.00 Å². The highest BCUT2D eigenvalue weighted by molar-refractivity contribution is 9.10. The van der Waals surface area contributed by atoms with Crippen molar-refractivity contribution in [2.45, 2.75) is 13.8 Å². The van der Waals surface area contributed by atoms with E-state index in [1.807, 2.05) is 31.2 Å². The highest BCUT2D eigenvalue weighted by Crippen LogP contribution is 2.32. The number of nitriles is 1. The van der Waals surface area contributed by atoms with Crippen LogP contribution in [0.15, 0.2) is 34.8 Å². The molecule has 0 aliphatic carbocycles. The summed E-state index contributed by atoms with van der Waals surface area (Å²) >= 11 is 3.41. The molecule has 1 aromatic heterocycles. The predicted octanol–water partition coefficient (Wildman–Crippen LogP) is 4.12. The Hall–Kier alpha value is -1.86. The van der Waals surface area contributed by atoms with E-state index < -0.39 is 0 Å². The average molecular weight is 303 g/mol. The zero-order valence-electron chi connectivity index (χ0n) is 10.1. The van der Waals surface area contributed by atoms with Gasteiger partial charge in [-0.1, -0.05) is 12.1 Å². The first-order chi connectivity index (χ1) is 8.61. The second-order valence-electron chi connectivity index (χ2n) is 3.87. The van der Waals surface area contributed by atoms with Gasteiger partial charge in [0.2, 0.25) is 0 Å². The zero-order chi connectivity index (χ0) is 13.1. The number of hydrogen-bond donors (Lipinski definition) is 0. The molecule has 90 valence electrons. The number of ether oxygens (including phenoxy) is 1. The third kappa shape index (κ3) is 2.52. The molecular weight excluding hydrogens is 292 g/mol. The summed E-state index contributed by atoms with van der Waals surface area (Å²) in [6.07, 6.45) is 0. The quantitative estimate of drug-likeness (QED) is 0.838. The van der Waals surface area contributed by atoms with Gasteiger partial charge < -0.3 is 4.74 Å². The topological polar surface area (TPSA) is 45.9 Å². The summed E-state index contributed by atoms with van der Waals surface area (Å²) in [4.78, 5) is 4.25. The SMILES string of the molecule is Cc1cc(Oc2ccccc2Br)c(C#N)c(C)n1. The van der Waals surface area contributed by atoms with Crippen LogP contribution in [-0.4, -0.2) is 4.98 Å². The van der Waals surface area contributed by atoms with Crippen LogP contribution in [0.1, 0.15) is 17.0 Å². The third-order valence-corrected chi connectivity index (χ3v) is 3.12. The van der Waals surface area contributed by atoms with Crippen LogP contribution in [0.25, 0.3) is 0 Å². The van der Waals surface area contributed by atoms with Gasteiger partial charge in [0.15, 0.2) is 0 Å². The van der Waals surface area contributed by atoms with Crippen molar-refractivity contribution in [1.82, 2.24) is 4.98 Å². The summed E-state index contributed by atoms with van der Waals surface area (Å²) in [5.41, 5.74) is 1.98. The Balaban J connectivity index is 2.47. The van der Waals surface area contributed by atoms with Gasteiger partial charge in [-0.05, 0) is 41.9 Å². The maximum absolute atomic E-state index is 9.16. The van der Waals surface area contributed by atoms with Gasteiger partial charge in [-0.15, -0.1) is 0 Å². The van der Waals surface area contributed by atoms with Gasteiger partial charge in [0.25, 0.3) is 0 Å². The number of nitrogens with zero attached hydrogens (tertiary/aromatic N) is 2. The lowest BCUT2D eigenvalue weighted by atomic mass is 10.2. The van der Waals surface area contributed by atoms with Crippen LogP contribution in [0, 0.1) is 25.2 Å². The number of aryl methyl sites for hydroxylation is 2. The molecular formula is C14H11BrN2O. The number of benzene rings is 1. The highest BCUT2D eigenvalue weighted by Gasteiger charge is 2.11. The van der Waals surface area contributed by atoms with Crippen molar-refractivity contribution < 1.29 is 4.74 Å². The fourth-order valence-corrected chi connectivity index (χ4v) is 2.02. The van der Waals surface area contributed by atoms with E-state index in [1.165, 1.54) is 0 Å². The first-order valence-electron chi connectivity index (χ1n) is 5.42. The molecule has 0 spiro atoms. The summed E-state index contributed by atoms with van der Waals surface area (Å²) in [6.45, 7) is 3.68. The lowest BCUT2D eigenvalue weighted by Gasteiger charge is -2.11. The van der Waals surface area contributed by atoms with Gasteiger partial charge >= 0.3 is 0 Å².